The van der Waals surface area contributed by atoms with Crippen LogP contribution in [0.15, 0.2) is 41.5 Å². The van der Waals surface area contributed by atoms with Gasteiger partial charge in [0.15, 0.2) is 0 Å². The van der Waals surface area contributed by atoms with Gasteiger partial charge in [-0.15, -0.1) is 0 Å². The molecule has 1 unspecified atom stereocenters. The van der Waals surface area contributed by atoms with Crippen molar-refractivity contribution >= 4 is 11.0 Å². The molecule has 0 saturated carbocycles. The van der Waals surface area contributed by atoms with Crippen molar-refractivity contribution in [1.82, 2.24) is 15.3 Å². The number of H-pyrrole nitrogens is 1. The largest absolute Gasteiger partial charge is 0.472 e. The lowest BCUT2D eigenvalue weighted by atomic mass is 10.1. The maximum Gasteiger partial charge on any atom is 0.137 e. The SMILES string of the molecule is CNC(C)c1c[nH]c2ncc(-c3ccoc3)cc12. The predicted octanol–water partition coefficient (Wildman–Crippen LogP) is 3.10. The lowest BCUT2D eigenvalue weighted by molar-refractivity contribution is 0.568. The highest BCUT2D eigenvalue weighted by atomic mass is 16.3. The predicted molar refractivity (Wildman–Crippen MR) is 71.3 cm³/mol. The summed E-state index contributed by atoms with van der Waals surface area (Å²) in [5.41, 5.74) is 4.26. The van der Waals surface area contributed by atoms with E-state index in [0.29, 0.717) is 6.04 Å². The van der Waals surface area contributed by atoms with Gasteiger partial charge in [-0.1, -0.05) is 0 Å². The fourth-order valence-electron chi connectivity index (χ4n) is 2.12. The fraction of sp³-hybridized carbons (Fsp3) is 0.214. The van der Waals surface area contributed by atoms with Crippen molar-refractivity contribution in [1.29, 1.82) is 0 Å². The van der Waals surface area contributed by atoms with Crippen LogP contribution < -0.4 is 5.32 Å². The highest BCUT2D eigenvalue weighted by Gasteiger charge is 2.11. The van der Waals surface area contributed by atoms with E-state index in [1.54, 1.807) is 12.5 Å². The molecule has 0 aromatic carbocycles. The summed E-state index contributed by atoms with van der Waals surface area (Å²) in [5.74, 6) is 0. The third-order valence-corrected chi connectivity index (χ3v) is 3.32. The number of nitrogens with zero attached hydrogens (tertiary/aromatic N) is 1. The van der Waals surface area contributed by atoms with E-state index < -0.39 is 0 Å². The first-order valence-corrected chi connectivity index (χ1v) is 5.96. The van der Waals surface area contributed by atoms with Gasteiger partial charge in [0.1, 0.15) is 5.65 Å². The number of aromatic nitrogens is 2. The normalized spacial score (nSPS) is 13.0. The Labute approximate surface area is 105 Å². The number of rotatable bonds is 3. The summed E-state index contributed by atoms with van der Waals surface area (Å²) in [6.07, 6.45) is 7.28. The summed E-state index contributed by atoms with van der Waals surface area (Å²) in [7, 11) is 1.96. The number of fused-ring (bicyclic) bond motifs is 1. The maximum absolute atomic E-state index is 5.11. The minimum absolute atomic E-state index is 0.292. The summed E-state index contributed by atoms with van der Waals surface area (Å²) in [4.78, 5) is 7.65. The Hall–Kier alpha value is -2.07. The summed E-state index contributed by atoms with van der Waals surface area (Å²) >= 11 is 0. The highest BCUT2D eigenvalue weighted by molar-refractivity contribution is 5.84. The molecule has 0 amide bonds. The monoisotopic (exact) mass is 241 g/mol. The third-order valence-electron chi connectivity index (χ3n) is 3.32. The molecule has 4 nitrogen and oxygen atoms in total. The lowest BCUT2D eigenvalue weighted by Gasteiger charge is -2.08. The molecule has 0 fully saturated rings. The standard InChI is InChI=1S/C14H15N3O/c1-9(15-2)13-7-17-14-12(13)5-11(6-16-14)10-3-4-18-8-10/h3-9,15H,1-2H3,(H,16,17). The molecule has 0 aliphatic rings. The Morgan fingerprint density at radius 3 is 3.00 bits per heavy atom. The first-order valence-electron chi connectivity index (χ1n) is 5.96. The molecule has 0 radical (unpaired) electrons. The van der Waals surface area contributed by atoms with Gasteiger partial charge >= 0.3 is 0 Å². The van der Waals surface area contributed by atoms with Gasteiger partial charge in [-0.05, 0) is 31.7 Å². The van der Waals surface area contributed by atoms with Crippen LogP contribution >= 0.6 is 0 Å². The summed E-state index contributed by atoms with van der Waals surface area (Å²) in [6, 6.07) is 4.38. The zero-order chi connectivity index (χ0) is 12.5. The minimum Gasteiger partial charge on any atom is -0.472 e. The van der Waals surface area contributed by atoms with Crippen molar-refractivity contribution in [2.24, 2.45) is 0 Å². The minimum atomic E-state index is 0.292. The van der Waals surface area contributed by atoms with Gasteiger partial charge in [0.25, 0.3) is 0 Å². The third kappa shape index (κ3) is 1.71. The lowest BCUT2D eigenvalue weighted by Crippen LogP contribution is -2.11. The summed E-state index contributed by atoms with van der Waals surface area (Å²) in [6.45, 7) is 2.13. The number of aromatic amines is 1. The average molecular weight is 241 g/mol. The number of pyridine rings is 1. The number of nitrogens with one attached hydrogen (secondary N) is 2. The molecule has 0 spiro atoms. The van der Waals surface area contributed by atoms with E-state index in [-0.39, 0.29) is 0 Å². The highest BCUT2D eigenvalue weighted by Crippen LogP contribution is 2.27. The van der Waals surface area contributed by atoms with E-state index in [4.69, 9.17) is 4.42 Å². The molecule has 0 aliphatic heterocycles. The van der Waals surface area contributed by atoms with E-state index in [0.717, 1.165) is 22.2 Å². The summed E-state index contributed by atoms with van der Waals surface area (Å²) < 4.78 is 5.11. The van der Waals surface area contributed by atoms with Crippen LogP contribution in [0.4, 0.5) is 0 Å². The Kier molecular flexibility index (Phi) is 2.64. The van der Waals surface area contributed by atoms with Crippen LogP contribution in [0.3, 0.4) is 0 Å². The second-order valence-electron chi connectivity index (χ2n) is 4.39. The zero-order valence-electron chi connectivity index (χ0n) is 10.4. The van der Waals surface area contributed by atoms with Crippen molar-refractivity contribution < 1.29 is 4.42 Å². The van der Waals surface area contributed by atoms with Gasteiger partial charge < -0.3 is 14.7 Å². The first kappa shape index (κ1) is 11.0. The molecular formula is C14H15N3O. The van der Waals surface area contributed by atoms with Gasteiger partial charge in [0.2, 0.25) is 0 Å². The van der Waals surface area contributed by atoms with Crippen molar-refractivity contribution in [3.05, 3.63) is 42.6 Å². The van der Waals surface area contributed by atoms with E-state index in [9.17, 15) is 0 Å². The maximum atomic E-state index is 5.11. The molecule has 0 saturated heterocycles. The molecule has 3 aromatic heterocycles. The molecule has 3 aromatic rings. The molecule has 18 heavy (non-hydrogen) atoms. The average Bonchev–Trinajstić information content (AvgIpc) is 3.06. The van der Waals surface area contributed by atoms with Crippen LogP contribution in [0.25, 0.3) is 22.2 Å². The van der Waals surface area contributed by atoms with Gasteiger partial charge in [-0.2, -0.15) is 0 Å². The van der Waals surface area contributed by atoms with Crippen LogP contribution in [0.1, 0.15) is 18.5 Å². The Bertz CT molecular complexity index is 655. The van der Waals surface area contributed by atoms with Gasteiger partial charge in [-0.3, -0.25) is 0 Å². The van der Waals surface area contributed by atoms with Gasteiger partial charge in [0.05, 0.1) is 12.5 Å². The molecule has 92 valence electrons. The van der Waals surface area contributed by atoms with Gasteiger partial charge in [0, 0.05) is 34.9 Å². The topological polar surface area (TPSA) is 53.9 Å². The summed E-state index contributed by atoms with van der Waals surface area (Å²) in [5, 5.41) is 4.40. The zero-order valence-corrected chi connectivity index (χ0v) is 10.4. The van der Waals surface area contributed by atoms with Crippen molar-refractivity contribution in [3.63, 3.8) is 0 Å². The van der Waals surface area contributed by atoms with Crippen LogP contribution in [0.2, 0.25) is 0 Å². The molecule has 2 N–H and O–H groups in total. The van der Waals surface area contributed by atoms with Crippen LogP contribution in [-0.2, 0) is 0 Å². The van der Waals surface area contributed by atoms with E-state index in [1.807, 2.05) is 25.5 Å². The number of hydrogen-bond acceptors (Lipinski definition) is 3. The molecule has 3 heterocycles. The Morgan fingerprint density at radius 2 is 2.28 bits per heavy atom. The van der Waals surface area contributed by atoms with Crippen LogP contribution in [0, 0.1) is 0 Å². The second kappa shape index (κ2) is 4.31. The van der Waals surface area contributed by atoms with Crippen LogP contribution in [0.5, 0.6) is 0 Å². The first-order chi connectivity index (χ1) is 8.79. The molecule has 4 heteroatoms. The molecule has 0 bridgehead atoms. The van der Waals surface area contributed by atoms with E-state index in [1.165, 1.54) is 5.56 Å². The molecule has 0 aliphatic carbocycles. The van der Waals surface area contributed by atoms with Crippen molar-refractivity contribution in [3.8, 4) is 11.1 Å². The van der Waals surface area contributed by atoms with Crippen LogP contribution in [-0.4, -0.2) is 17.0 Å². The van der Waals surface area contributed by atoms with Crippen molar-refractivity contribution in [2.45, 2.75) is 13.0 Å². The van der Waals surface area contributed by atoms with E-state index in [2.05, 4.69) is 28.3 Å². The second-order valence-corrected chi connectivity index (χ2v) is 4.39. The molecule has 3 rings (SSSR count). The molecular weight excluding hydrogens is 226 g/mol. The number of furan rings is 1. The fourth-order valence-corrected chi connectivity index (χ4v) is 2.12. The molecule has 1 atom stereocenters. The number of hydrogen-bond donors (Lipinski definition) is 2. The quantitative estimate of drug-likeness (QED) is 0.740. The van der Waals surface area contributed by atoms with Crippen molar-refractivity contribution in [2.75, 3.05) is 7.05 Å². The smallest absolute Gasteiger partial charge is 0.137 e. The van der Waals surface area contributed by atoms with Gasteiger partial charge in [-0.25, -0.2) is 4.98 Å². The Balaban J connectivity index is 2.15. The Morgan fingerprint density at radius 1 is 1.39 bits per heavy atom. The van der Waals surface area contributed by atoms with E-state index >= 15 is 0 Å².